The Morgan fingerprint density at radius 3 is 2.32 bits per heavy atom. The van der Waals surface area contributed by atoms with Gasteiger partial charge in [0.1, 0.15) is 5.71 Å². The number of aliphatic imine (C=N–C) groups is 1. The van der Waals surface area contributed by atoms with Gasteiger partial charge in [-0.15, -0.1) is 0 Å². The lowest BCUT2D eigenvalue weighted by Crippen LogP contribution is -2.54. The second-order valence-corrected chi connectivity index (χ2v) is 9.76. The number of para-hydroxylation sites is 1. The summed E-state index contributed by atoms with van der Waals surface area (Å²) in [7, 11) is 0. The highest BCUT2D eigenvalue weighted by Crippen LogP contribution is 2.54. The molecule has 3 nitrogen and oxygen atoms in total. The third-order valence-corrected chi connectivity index (χ3v) is 7.05. The number of amides is 1. The average molecular weight is 409 g/mol. The number of aryl methyl sites for hydroxylation is 2. The minimum Gasteiger partial charge on any atom is -0.300 e. The molecule has 3 heteroatoms. The van der Waals surface area contributed by atoms with Crippen LogP contribution < -0.4 is 4.90 Å². The second-order valence-electron chi connectivity index (χ2n) is 9.76. The fourth-order valence-corrected chi connectivity index (χ4v) is 5.46. The van der Waals surface area contributed by atoms with E-state index in [-0.39, 0.29) is 16.9 Å². The molecule has 0 aromatic heterocycles. The maximum absolute atomic E-state index is 13.7. The Hall–Kier alpha value is -3.20. The SMILES string of the molecule is Cc1ccc(N=C2C(=O)N3c4c2cccc4[C@](C)(c2ccccc2)CC3(C)C)cc1C. The van der Waals surface area contributed by atoms with Crippen molar-refractivity contribution in [1.29, 1.82) is 0 Å². The van der Waals surface area contributed by atoms with Gasteiger partial charge in [-0.1, -0.05) is 61.5 Å². The van der Waals surface area contributed by atoms with E-state index in [2.05, 4.69) is 89.2 Å². The molecule has 0 radical (unpaired) electrons. The predicted molar refractivity (Wildman–Crippen MR) is 128 cm³/mol. The number of benzene rings is 3. The van der Waals surface area contributed by atoms with Gasteiger partial charge in [-0.3, -0.25) is 4.79 Å². The van der Waals surface area contributed by atoms with Crippen LogP contribution in [0, 0.1) is 13.8 Å². The Balaban J connectivity index is 1.74. The molecule has 2 aliphatic heterocycles. The molecule has 0 spiro atoms. The molecule has 3 aromatic carbocycles. The number of carbonyl (C=O) groups is 1. The molecule has 0 aliphatic carbocycles. The van der Waals surface area contributed by atoms with Crippen molar-refractivity contribution in [2.75, 3.05) is 4.90 Å². The van der Waals surface area contributed by atoms with Crippen molar-refractivity contribution in [3.8, 4) is 0 Å². The van der Waals surface area contributed by atoms with Gasteiger partial charge in [0.15, 0.2) is 0 Å². The van der Waals surface area contributed by atoms with Crippen molar-refractivity contribution >= 4 is 23.0 Å². The first-order valence-corrected chi connectivity index (χ1v) is 10.9. The highest BCUT2D eigenvalue weighted by molar-refractivity contribution is 6.55. The van der Waals surface area contributed by atoms with E-state index in [9.17, 15) is 4.79 Å². The van der Waals surface area contributed by atoms with Crippen LogP contribution >= 0.6 is 0 Å². The van der Waals surface area contributed by atoms with Crippen LogP contribution in [0.2, 0.25) is 0 Å². The fourth-order valence-electron chi connectivity index (χ4n) is 5.46. The summed E-state index contributed by atoms with van der Waals surface area (Å²) >= 11 is 0. The topological polar surface area (TPSA) is 32.7 Å². The molecule has 0 bridgehead atoms. The van der Waals surface area contributed by atoms with Crippen LogP contribution in [0.15, 0.2) is 71.7 Å². The van der Waals surface area contributed by atoms with Crippen LogP contribution in [0.4, 0.5) is 11.4 Å². The maximum Gasteiger partial charge on any atom is 0.278 e. The zero-order valence-electron chi connectivity index (χ0n) is 18.9. The molecule has 156 valence electrons. The highest BCUT2D eigenvalue weighted by atomic mass is 16.2. The molecule has 0 fully saturated rings. The molecule has 3 aromatic rings. The molecule has 31 heavy (non-hydrogen) atoms. The summed E-state index contributed by atoms with van der Waals surface area (Å²) in [5.41, 5.74) is 7.72. The van der Waals surface area contributed by atoms with Gasteiger partial charge in [-0.2, -0.15) is 0 Å². The molecule has 5 rings (SSSR count). The molecule has 2 heterocycles. The minimum atomic E-state index is -0.328. The van der Waals surface area contributed by atoms with E-state index in [0.29, 0.717) is 5.71 Å². The minimum absolute atomic E-state index is 0.000731. The standard InChI is InChI=1S/C28H28N2O/c1-18-14-15-21(16-19(18)2)29-24-22-12-9-13-23-25(22)30(26(24)31)27(3,4)17-28(23,5)20-10-7-6-8-11-20/h6-16H,17H2,1-5H3/t28-/m0/s1. The lowest BCUT2D eigenvalue weighted by Gasteiger charge is -2.49. The molecular weight excluding hydrogens is 380 g/mol. The van der Waals surface area contributed by atoms with Crippen LogP contribution in [0.25, 0.3) is 0 Å². The molecule has 2 aliphatic rings. The third-order valence-electron chi connectivity index (χ3n) is 7.05. The van der Waals surface area contributed by atoms with E-state index in [1.54, 1.807) is 0 Å². The van der Waals surface area contributed by atoms with Crippen molar-refractivity contribution in [1.82, 2.24) is 0 Å². The van der Waals surface area contributed by atoms with E-state index in [4.69, 9.17) is 4.99 Å². The first kappa shape index (κ1) is 19.7. The average Bonchev–Trinajstić information content (AvgIpc) is 3.02. The molecule has 0 unspecified atom stereocenters. The van der Waals surface area contributed by atoms with E-state index in [1.807, 2.05) is 17.0 Å². The first-order valence-electron chi connectivity index (χ1n) is 10.9. The number of carbonyl (C=O) groups excluding carboxylic acids is 1. The van der Waals surface area contributed by atoms with Crippen LogP contribution in [-0.2, 0) is 10.2 Å². The largest absolute Gasteiger partial charge is 0.300 e. The van der Waals surface area contributed by atoms with Crippen molar-refractivity contribution < 1.29 is 4.79 Å². The number of hydrogen-bond donors (Lipinski definition) is 0. The maximum atomic E-state index is 13.7. The molecule has 0 saturated carbocycles. The quantitative estimate of drug-likeness (QED) is 0.493. The Morgan fingerprint density at radius 2 is 1.61 bits per heavy atom. The van der Waals surface area contributed by atoms with Gasteiger partial charge in [0.2, 0.25) is 0 Å². The monoisotopic (exact) mass is 408 g/mol. The van der Waals surface area contributed by atoms with Gasteiger partial charge < -0.3 is 4.90 Å². The smallest absolute Gasteiger partial charge is 0.278 e. The Kier molecular flexibility index (Phi) is 4.23. The number of anilines is 1. The summed E-state index contributed by atoms with van der Waals surface area (Å²) in [5, 5.41) is 0. The van der Waals surface area contributed by atoms with Crippen molar-refractivity contribution in [2.45, 2.75) is 52.0 Å². The summed E-state index contributed by atoms with van der Waals surface area (Å²) in [6.45, 7) is 10.8. The molecule has 0 N–H and O–H groups in total. The van der Waals surface area contributed by atoms with E-state index in [0.717, 1.165) is 23.4 Å². The molecule has 1 atom stereocenters. The predicted octanol–water partition coefficient (Wildman–Crippen LogP) is 6.26. The Morgan fingerprint density at radius 1 is 0.871 bits per heavy atom. The highest BCUT2D eigenvalue weighted by Gasteiger charge is 2.52. The molecular formula is C28H28N2O. The van der Waals surface area contributed by atoms with Gasteiger partial charge in [-0.05, 0) is 68.5 Å². The summed E-state index contributed by atoms with van der Waals surface area (Å²) in [6, 6.07) is 23.1. The van der Waals surface area contributed by atoms with Crippen molar-refractivity contribution in [2.24, 2.45) is 4.99 Å². The van der Waals surface area contributed by atoms with Gasteiger partial charge in [-0.25, -0.2) is 4.99 Å². The first-order chi connectivity index (χ1) is 14.7. The number of hydrogen-bond acceptors (Lipinski definition) is 2. The zero-order valence-corrected chi connectivity index (χ0v) is 18.9. The van der Waals surface area contributed by atoms with Crippen LogP contribution in [-0.4, -0.2) is 17.2 Å². The van der Waals surface area contributed by atoms with Gasteiger partial charge >= 0.3 is 0 Å². The number of nitrogens with zero attached hydrogens (tertiary/aromatic N) is 2. The lowest BCUT2D eigenvalue weighted by molar-refractivity contribution is -0.113. The van der Waals surface area contributed by atoms with E-state index in [1.165, 1.54) is 22.3 Å². The van der Waals surface area contributed by atoms with Crippen LogP contribution in [0.5, 0.6) is 0 Å². The summed E-state index contributed by atoms with van der Waals surface area (Å²) < 4.78 is 0. The summed E-state index contributed by atoms with van der Waals surface area (Å²) in [4.78, 5) is 20.5. The number of rotatable bonds is 2. The van der Waals surface area contributed by atoms with Crippen LogP contribution in [0.3, 0.4) is 0 Å². The van der Waals surface area contributed by atoms with Crippen molar-refractivity contribution in [3.63, 3.8) is 0 Å². The van der Waals surface area contributed by atoms with Gasteiger partial charge in [0, 0.05) is 16.5 Å². The Bertz CT molecular complexity index is 1240. The Labute approximate surface area is 184 Å². The second kappa shape index (κ2) is 6.65. The van der Waals surface area contributed by atoms with Gasteiger partial charge in [0.05, 0.1) is 11.4 Å². The summed E-state index contributed by atoms with van der Waals surface area (Å²) in [6.07, 6.45) is 0.850. The molecule has 0 saturated heterocycles. The van der Waals surface area contributed by atoms with E-state index < -0.39 is 0 Å². The zero-order chi connectivity index (χ0) is 22.0. The third kappa shape index (κ3) is 2.87. The molecule has 1 amide bonds. The van der Waals surface area contributed by atoms with Crippen molar-refractivity contribution in [3.05, 3.63) is 94.5 Å². The normalized spacial score (nSPS) is 22.7. The van der Waals surface area contributed by atoms with Crippen LogP contribution in [0.1, 0.15) is 55.0 Å². The summed E-state index contributed by atoms with van der Waals surface area (Å²) in [5.74, 6) is 0.000731. The van der Waals surface area contributed by atoms with E-state index >= 15 is 0 Å². The van der Waals surface area contributed by atoms with Gasteiger partial charge in [0.25, 0.3) is 5.91 Å². The fraction of sp³-hybridized carbons (Fsp3) is 0.286. The lowest BCUT2D eigenvalue weighted by atomic mass is 9.65.